The van der Waals surface area contributed by atoms with Gasteiger partial charge >= 0.3 is 0 Å². The van der Waals surface area contributed by atoms with Crippen molar-refractivity contribution in [1.29, 1.82) is 0 Å². The van der Waals surface area contributed by atoms with Gasteiger partial charge in [-0.1, -0.05) is 44.1 Å². The molecule has 0 heterocycles. The number of aromatic hydroxyl groups is 2. The summed E-state index contributed by atoms with van der Waals surface area (Å²) in [5.74, 6) is 0.441. The number of allylic oxidation sites excluding steroid dienone is 3. The molecule has 0 bridgehead atoms. The van der Waals surface area contributed by atoms with Gasteiger partial charge in [0.05, 0.1) is 6.61 Å². The van der Waals surface area contributed by atoms with Crippen LogP contribution in [-0.4, -0.2) is 21.9 Å². The lowest BCUT2D eigenvalue weighted by molar-refractivity contribution is -0.757. The van der Waals surface area contributed by atoms with Gasteiger partial charge in [-0.25, -0.2) is 0 Å². The number of phenols is 2. The average Bonchev–Trinajstić information content (AvgIpc) is 2.60. The van der Waals surface area contributed by atoms with E-state index in [1.807, 2.05) is 20.8 Å². The molecule has 6 nitrogen and oxygen atoms in total. The molecule has 0 spiro atoms. The molecule has 0 radical (unpaired) electrons. The Kier molecular flexibility index (Phi) is 7.33. The summed E-state index contributed by atoms with van der Waals surface area (Å²) in [6, 6.07) is 3.51. The molecule has 2 N–H and O–H groups in total. The molecule has 0 aliphatic heterocycles. The SMILES string of the molecule is C=C(C)[C@@H]1CC=C(C)C[C@H]1c1c(O)cc(C(C)(C)CCCCO[N+](=O)[O-])cc1O. The van der Waals surface area contributed by atoms with Crippen LogP contribution in [0.25, 0.3) is 0 Å². The van der Waals surface area contributed by atoms with Crippen molar-refractivity contribution in [2.75, 3.05) is 6.61 Å². The number of rotatable bonds is 9. The highest BCUT2D eigenvalue weighted by Gasteiger charge is 2.32. The lowest BCUT2D eigenvalue weighted by atomic mass is 9.71. The zero-order valence-electron chi connectivity index (χ0n) is 17.9. The molecule has 0 fully saturated rings. The largest absolute Gasteiger partial charge is 0.508 e. The summed E-state index contributed by atoms with van der Waals surface area (Å²) >= 11 is 0. The van der Waals surface area contributed by atoms with Gasteiger partial charge in [-0.15, -0.1) is 10.1 Å². The summed E-state index contributed by atoms with van der Waals surface area (Å²) in [4.78, 5) is 14.6. The first-order valence-corrected chi connectivity index (χ1v) is 10.2. The summed E-state index contributed by atoms with van der Waals surface area (Å²) in [6.45, 7) is 12.4. The Labute approximate surface area is 173 Å². The summed E-state index contributed by atoms with van der Waals surface area (Å²) in [6.07, 6.45) is 5.95. The standard InChI is InChI=1S/C23H33NO5/c1-15(2)18-9-8-16(3)12-19(18)22-20(25)13-17(14-21(22)26)23(4,5)10-6-7-11-29-24(27)28/h8,13-14,18-19,25-26H,1,6-7,9-12H2,2-5H3/t18-,19+/m0/s1. The summed E-state index contributed by atoms with van der Waals surface area (Å²) in [5, 5.41) is 31.1. The smallest absolute Gasteiger partial charge is 0.294 e. The van der Waals surface area contributed by atoms with Crippen LogP contribution >= 0.6 is 0 Å². The molecular formula is C23H33NO5. The highest BCUT2D eigenvalue weighted by atomic mass is 16.9. The van der Waals surface area contributed by atoms with Crippen LogP contribution in [-0.2, 0) is 10.3 Å². The molecule has 0 aromatic heterocycles. The van der Waals surface area contributed by atoms with Crippen LogP contribution in [0.3, 0.4) is 0 Å². The fourth-order valence-electron chi connectivity index (χ4n) is 4.26. The maximum absolute atomic E-state index is 10.8. The molecule has 160 valence electrons. The average molecular weight is 404 g/mol. The molecule has 2 rings (SSSR count). The molecule has 2 atom stereocenters. The monoisotopic (exact) mass is 403 g/mol. The Balaban J connectivity index is 2.20. The zero-order valence-corrected chi connectivity index (χ0v) is 17.9. The molecule has 6 heteroatoms. The second kappa shape index (κ2) is 9.33. The third-order valence-electron chi connectivity index (χ3n) is 6.06. The van der Waals surface area contributed by atoms with Crippen molar-refractivity contribution >= 4 is 0 Å². The van der Waals surface area contributed by atoms with E-state index in [0.717, 1.165) is 36.8 Å². The van der Waals surface area contributed by atoms with Gasteiger partial charge in [-0.3, -0.25) is 0 Å². The number of unbranched alkanes of at least 4 members (excludes halogenated alkanes) is 1. The number of nitrogens with zero attached hydrogens (tertiary/aromatic N) is 1. The minimum atomic E-state index is -0.777. The van der Waals surface area contributed by atoms with E-state index in [2.05, 4.69) is 24.4 Å². The van der Waals surface area contributed by atoms with Gasteiger partial charge in [0.15, 0.2) is 0 Å². The van der Waals surface area contributed by atoms with Gasteiger partial charge in [0.25, 0.3) is 5.09 Å². The molecule has 0 unspecified atom stereocenters. The summed E-state index contributed by atoms with van der Waals surface area (Å²) in [7, 11) is 0. The van der Waals surface area contributed by atoms with Gasteiger partial charge < -0.3 is 15.1 Å². The van der Waals surface area contributed by atoms with Crippen molar-refractivity contribution in [2.24, 2.45) is 5.92 Å². The number of benzene rings is 1. The van der Waals surface area contributed by atoms with E-state index < -0.39 is 5.09 Å². The number of hydrogen-bond acceptors (Lipinski definition) is 5. The Morgan fingerprint density at radius 1 is 1.31 bits per heavy atom. The van der Waals surface area contributed by atoms with Crippen LogP contribution < -0.4 is 0 Å². The van der Waals surface area contributed by atoms with E-state index in [-0.39, 0.29) is 35.4 Å². The van der Waals surface area contributed by atoms with Crippen molar-refractivity contribution in [3.05, 3.63) is 57.2 Å². The molecule has 1 aliphatic carbocycles. The Morgan fingerprint density at radius 2 is 1.93 bits per heavy atom. The highest BCUT2D eigenvalue weighted by molar-refractivity contribution is 5.52. The van der Waals surface area contributed by atoms with Crippen LogP contribution in [0.2, 0.25) is 0 Å². The molecule has 1 aliphatic rings. The Morgan fingerprint density at radius 3 is 2.48 bits per heavy atom. The van der Waals surface area contributed by atoms with E-state index in [1.54, 1.807) is 12.1 Å². The quantitative estimate of drug-likeness (QED) is 0.236. The molecule has 29 heavy (non-hydrogen) atoms. The minimum absolute atomic E-state index is 0.00828. The maximum atomic E-state index is 10.8. The second-order valence-corrected chi connectivity index (χ2v) is 8.88. The van der Waals surface area contributed by atoms with Crippen molar-refractivity contribution in [3.8, 4) is 11.5 Å². The Bertz CT molecular complexity index is 773. The normalized spacial score (nSPS) is 19.5. The second-order valence-electron chi connectivity index (χ2n) is 8.88. The lowest BCUT2D eigenvalue weighted by Crippen LogP contribution is -2.20. The topological polar surface area (TPSA) is 92.8 Å². The maximum Gasteiger partial charge on any atom is 0.294 e. The molecule has 1 aromatic carbocycles. The zero-order chi connectivity index (χ0) is 21.8. The van der Waals surface area contributed by atoms with Gasteiger partial charge in [-0.05, 0) is 68.6 Å². The van der Waals surface area contributed by atoms with Gasteiger partial charge in [-0.2, -0.15) is 0 Å². The third kappa shape index (κ3) is 5.75. The van der Waals surface area contributed by atoms with Gasteiger partial charge in [0, 0.05) is 11.5 Å². The van der Waals surface area contributed by atoms with Crippen LogP contribution in [0.1, 0.15) is 76.8 Å². The van der Waals surface area contributed by atoms with E-state index >= 15 is 0 Å². The minimum Gasteiger partial charge on any atom is -0.508 e. The van der Waals surface area contributed by atoms with Crippen molar-refractivity contribution in [1.82, 2.24) is 0 Å². The van der Waals surface area contributed by atoms with E-state index in [9.17, 15) is 20.3 Å². The fourth-order valence-corrected chi connectivity index (χ4v) is 4.26. The predicted octanol–water partition coefficient (Wildman–Crippen LogP) is 5.77. The fraction of sp³-hybridized carbons (Fsp3) is 0.565. The van der Waals surface area contributed by atoms with Crippen LogP contribution in [0.15, 0.2) is 35.9 Å². The van der Waals surface area contributed by atoms with E-state index in [1.165, 1.54) is 5.57 Å². The number of hydrogen-bond donors (Lipinski definition) is 2. The molecule has 1 aromatic rings. The predicted molar refractivity (Wildman–Crippen MR) is 114 cm³/mol. The van der Waals surface area contributed by atoms with Crippen LogP contribution in [0, 0.1) is 16.0 Å². The summed E-state index contributed by atoms with van der Waals surface area (Å²) < 4.78 is 0. The first-order valence-electron chi connectivity index (χ1n) is 10.2. The van der Waals surface area contributed by atoms with Crippen molar-refractivity contribution in [3.63, 3.8) is 0 Å². The molecular weight excluding hydrogens is 370 g/mol. The molecule has 0 saturated carbocycles. The van der Waals surface area contributed by atoms with Crippen molar-refractivity contribution in [2.45, 2.75) is 71.1 Å². The molecule has 0 amide bonds. The third-order valence-corrected chi connectivity index (χ3v) is 6.06. The highest BCUT2D eigenvalue weighted by Crippen LogP contribution is 2.48. The first kappa shape index (κ1) is 22.8. The lowest BCUT2D eigenvalue weighted by Gasteiger charge is -2.33. The first-order chi connectivity index (χ1) is 13.5. The van der Waals surface area contributed by atoms with Crippen molar-refractivity contribution < 1.29 is 20.1 Å². The van der Waals surface area contributed by atoms with Crippen LogP contribution in [0.5, 0.6) is 11.5 Å². The molecule has 0 saturated heterocycles. The summed E-state index contributed by atoms with van der Waals surface area (Å²) in [5.41, 5.74) is 3.47. The van der Waals surface area contributed by atoms with E-state index in [0.29, 0.717) is 12.0 Å². The van der Waals surface area contributed by atoms with E-state index in [4.69, 9.17) is 0 Å². The Hall–Kier alpha value is -2.50. The van der Waals surface area contributed by atoms with Gasteiger partial charge in [0.2, 0.25) is 0 Å². The van der Waals surface area contributed by atoms with Gasteiger partial charge in [0.1, 0.15) is 11.5 Å². The number of phenolic OH excluding ortho intramolecular Hbond substituents is 2. The van der Waals surface area contributed by atoms with Crippen LogP contribution in [0.4, 0.5) is 0 Å².